The minimum absolute atomic E-state index is 0.298. The van der Waals surface area contributed by atoms with Crippen molar-refractivity contribution in [2.24, 2.45) is 7.05 Å². The predicted molar refractivity (Wildman–Crippen MR) is 66.2 cm³/mol. The van der Waals surface area contributed by atoms with Crippen LogP contribution in [-0.2, 0) is 7.05 Å². The lowest BCUT2D eigenvalue weighted by atomic mass is 10.1. The van der Waals surface area contributed by atoms with Gasteiger partial charge in [-0.2, -0.15) is 5.26 Å². The highest BCUT2D eigenvalue weighted by molar-refractivity contribution is 7.99. The van der Waals surface area contributed by atoms with Crippen LogP contribution in [0.25, 0.3) is 0 Å². The van der Waals surface area contributed by atoms with E-state index in [9.17, 15) is 5.26 Å². The van der Waals surface area contributed by atoms with Crippen molar-refractivity contribution in [3.8, 4) is 6.07 Å². The zero-order valence-electron chi connectivity index (χ0n) is 10.2. The van der Waals surface area contributed by atoms with Crippen LogP contribution in [0.1, 0.15) is 20.8 Å². The van der Waals surface area contributed by atoms with Crippen molar-refractivity contribution < 1.29 is 0 Å². The molecular formula is C11H18N4S. The molecule has 0 saturated heterocycles. The summed E-state index contributed by atoms with van der Waals surface area (Å²) >= 11 is 1.59. The van der Waals surface area contributed by atoms with Gasteiger partial charge in [0.2, 0.25) is 0 Å². The number of thioether (sulfide) groups is 1. The summed E-state index contributed by atoms with van der Waals surface area (Å²) in [5.74, 6) is 0.687. The standard InChI is InChI=1S/C11H18N4S/c1-9(2)14-11(3,7-12)8-16-10-13-5-6-15(10)4/h5-6,9,14H,8H2,1-4H3. The predicted octanol–water partition coefficient (Wildman–Crippen LogP) is 1.79. The molecule has 0 aliphatic rings. The Kier molecular flexibility index (Phi) is 4.39. The number of hydrogen-bond acceptors (Lipinski definition) is 4. The first-order valence-corrected chi connectivity index (χ1v) is 6.24. The van der Waals surface area contributed by atoms with Crippen molar-refractivity contribution in [2.75, 3.05) is 5.75 Å². The number of aromatic nitrogens is 2. The van der Waals surface area contributed by atoms with Gasteiger partial charge in [-0.3, -0.25) is 5.32 Å². The molecule has 4 nitrogen and oxygen atoms in total. The second kappa shape index (κ2) is 5.37. The minimum Gasteiger partial charge on any atom is -0.329 e. The molecule has 0 aliphatic heterocycles. The fraction of sp³-hybridized carbons (Fsp3) is 0.636. The number of aryl methyl sites for hydroxylation is 1. The topological polar surface area (TPSA) is 53.6 Å². The average molecular weight is 238 g/mol. The molecule has 1 atom stereocenters. The number of imidazole rings is 1. The Balaban J connectivity index is 2.59. The molecule has 1 aromatic heterocycles. The zero-order valence-corrected chi connectivity index (χ0v) is 11.0. The monoisotopic (exact) mass is 238 g/mol. The number of rotatable bonds is 5. The normalized spacial score (nSPS) is 14.8. The maximum atomic E-state index is 9.18. The van der Waals surface area contributed by atoms with Crippen LogP contribution in [0.3, 0.4) is 0 Å². The Bertz CT molecular complexity index is 380. The number of hydrogen-bond donors (Lipinski definition) is 1. The lowest BCUT2D eigenvalue weighted by Gasteiger charge is -2.25. The molecule has 0 bridgehead atoms. The fourth-order valence-electron chi connectivity index (χ4n) is 1.44. The van der Waals surface area contributed by atoms with Crippen molar-refractivity contribution in [2.45, 2.75) is 37.5 Å². The quantitative estimate of drug-likeness (QED) is 0.795. The van der Waals surface area contributed by atoms with Crippen molar-refractivity contribution in [1.29, 1.82) is 5.26 Å². The molecule has 0 fully saturated rings. The van der Waals surface area contributed by atoms with E-state index in [2.05, 4.69) is 16.4 Å². The summed E-state index contributed by atoms with van der Waals surface area (Å²) in [7, 11) is 1.95. The highest BCUT2D eigenvalue weighted by Crippen LogP contribution is 2.20. The molecule has 1 rings (SSSR count). The minimum atomic E-state index is -0.509. The second-order valence-corrected chi connectivity index (χ2v) is 5.29. The number of nitrogens with zero attached hydrogens (tertiary/aromatic N) is 3. The summed E-state index contributed by atoms with van der Waals surface area (Å²) in [4.78, 5) is 4.22. The van der Waals surface area contributed by atoms with Crippen molar-refractivity contribution in [3.63, 3.8) is 0 Å². The first-order valence-electron chi connectivity index (χ1n) is 5.26. The summed E-state index contributed by atoms with van der Waals surface area (Å²) in [5, 5.41) is 13.4. The van der Waals surface area contributed by atoms with Gasteiger partial charge in [-0.25, -0.2) is 4.98 Å². The first kappa shape index (κ1) is 13.1. The van der Waals surface area contributed by atoms with Crippen molar-refractivity contribution in [3.05, 3.63) is 12.4 Å². The zero-order chi connectivity index (χ0) is 12.2. The lowest BCUT2D eigenvalue weighted by Crippen LogP contribution is -2.47. The molecule has 0 aromatic carbocycles. The van der Waals surface area contributed by atoms with Crippen LogP contribution in [0.4, 0.5) is 0 Å². The van der Waals surface area contributed by atoms with Crippen LogP contribution in [-0.4, -0.2) is 26.9 Å². The first-order chi connectivity index (χ1) is 7.47. The van der Waals surface area contributed by atoms with E-state index in [0.29, 0.717) is 11.8 Å². The molecule has 1 heterocycles. The van der Waals surface area contributed by atoms with E-state index in [-0.39, 0.29) is 0 Å². The van der Waals surface area contributed by atoms with Crippen LogP contribution < -0.4 is 5.32 Å². The molecule has 0 radical (unpaired) electrons. The van der Waals surface area contributed by atoms with Gasteiger partial charge in [-0.05, 0) is 20.8 Å². The molecule has 0 amide bonds. The van der Waals surface area contributed by atoms with E-state index in [1.165, 1.54) is 0 Å². The molecule has 0 spiro atoms. The molecule has 1 N–H and O–H groups in total. The Morgan fingerprint density at radius 1 is 1.69 bits per heavy atom. The van der Waals surface area contributed by atoms with Crippen LogP contribution in [0, 0.1) is 11.3 Å². The largest absolute Gasteiger partial charge is 0.329 e. The molecular weight excluding hydrogens is 220 g/mol. The highest BCUT2D eigenvalue weighted by Gasteiger charge is 2.25. The van der Waals surface area contributed by atoms with Gasteiger partial charge < -0.3 is 4.57 Å². The summed E-state index contributed by atoms with van der Waals surface area (Å²) in [5.41, 5.74) is -0.509. The van der Waals surface area contributed by atoms with Crippen LogP contribution >= 0.6 is 11.8 Å². The van der Waals surface area contributed by atoms with E-state index in [1.54, 1.807) is 18.0 Å². The lowest BCUT2D eigenvalue weighted by molar-refractivity contribution is 0.443. The summed E-state index contributed by atoms with van der Waals surface area (Å²) in [6.45, 7) is 6.00. The molecule has 88 valence electrons. The van der Waals surface area contributed by atoms with Gasteiger partial charge in [0, 0.05) is 31.2 Å². The van der Waals surface area contributed by atoms with Gasteiger partial charge in [0.15, 0.2) is 5.16 Å². The average Bonchev–Trinajstić information content (AvgIpc) is 2.60. The van der Waals surface area contributed by atoms with Crippen molar-refractivity contribution in [1.82, 2.24) is 14.9 Å². The summed E-state index contributed by atoms with van der Waals surface area (Å²) in [6.07, 6.45) is 3.67. The van der Waals surface area contributed by atoms with Crippen LogP contribution in [0.2, 0.25) is 0 Å². The molecule has 0 aliphatic carbocycles. The van der Waals surface area contributed by atoms with Gasteiger partial charge in [-0.15, -0.1) is 0 Å². The maximum absolute atomic E-state index is 9.18. The van der Waals surface area contributed by atoms with Gasteiger partial charge in [0.05, 0.1) is 6.07 Å². The summed E-state index contributed by atoms with van der Waals surface area (Å²) in [6, 6.07) is 2.62. The van der Waals surface area contributed by atoms with Crippen molar-refractivity contribution >= 4 is 11.8 Å². The molecule has 0 saturated carbocycles. The smallest absolute Gasteiger partial charge is 0.167 e. The van der Waals surface area contributed by atoms with Gasteiger partial charge in [0.1, 0.15) is 5.54 Å². The third-order valence-electron chi connectivity index (χ3n) is 2.12. The molecule has 5 heteroatoms. The van der Waals surface area contributed by atoms with Gasteiger partial charge >= 0.3 is 0 Å². The Morgan fingerprint density at radius 2 is 2.38 bits per heavy atom. The third kappa shape index (κ3) is 3.54. The molecule has 16 heavy (non-hydrogen) atoms. The fourth-order valence-corrected chi connectivity index (χ4v) is 2.41. The van der Waals surface area contributed by atoms with E-state index < -0.39 is 5.54 Å². The third-order valence-corrected chi connectivity index (χ3v) is 3.49. The molecule has 1 aromatic rings. The summed E-state index contributed by atoms with van der Waals surface area (Å²) < 4.78 is 1.96. The Morgan fingerprint density at radius 3 is 2.81 bits per heavy atom. The number of nitriles is 1. The van der Waals surface area contributed by atoms with Gasteiger partial charge in [0.25, 0.3) is 0 Å². The Hall–Kier alpha value is -0.990. The number of nitrogens with one attached hydrogen (secondary N) is 1. The maximum Gasteiger partial charge on any atom is 0.167 e. The van der Waals surface area contributed by atoms with Crippen LogP contribution in [0.5, 0.6) is 0 Å². The highest BCUT2D eigenvalue weighted by atomic mass is 32.2. The van der Waals surface area contributed by atoms with E-state index in [1.807, 2.05) is 38.6 Å². The second-order valence-electron chi connectivity index (χ2n) is 4.35. The molecule has 1 unspecified atom stereocenters. The van der Waals surface area contributed by atoms with Crippen LogP contribution in [0.15, 0.2) is 17.6 Å². The van der Waals surface area contributed by atoms with E-state index >= 15 is 0 Å². The van der Waals surface area contributed by atoms with Gasteiger partial charge in [-0.1, -0.05) is 11.8 Å². The SMILES string of the molecule is CC(C)NC(C)(C#N)CSc1nccn1C. The Labute approximate surface area is 101 Å². The van der Waals surface area contributed by atoms with E-state index in [0.717, 1.165) is 5.16 Å². The van der Waals surface area contributed by atoms with E-state index in [4.69, 9.17) is 0 Å².